The summed E-state index contributed by atoms with van der Waals surface area (Å²) in [7, 11) is 0.0578. The molecule has 1 aliphatic heterocycles. The number of methoxy groups -OCH3 is 1. The fourth-order valence-electron chi connectivity index (χ4n) is 5.67. The van der Waals surface area contributed by atoms with Crippen molar-refractivity contribution < 1.29 is 37.6 Å². The highest BCUT2D eigenvalue weighted by Gasteiger charge is 2.42. The van der Waals surface area contributed by atoms with Crippen LogP contribution in [0.25, 0.3) is 22.2 Å². The van der Waals surface area contributed by atoms with Crippen molar-refractivity contribution in [2.75, 3.05) is 20.2 Å². The molecule has 3 aromatic rings. The molecule has 1 saturated carbocycles. The maximum Gasteiger partial charge on any atom is 0.408 e. The Bertz CT molecular complexity index is 1790. The predicted molar refractivity (Wildman–Crippen MR) is 232 cm³/mol. The molecule has 2 unspecified atom stereocenters. The van der Waals surface area contributed by atoms with E-state index in [9.17, 15) is 23.4 Å². The van der Waals surface area contributed by atoms with Crippen LogP contribution >= 0.6 is 0 Å². The molecule has 1 aliphatic carbocycles. The normalized spacial score (nSPS) is 16.8. The van der Waals surface area contributed by atoms with Crippen LogP contribution in [0, 0.1) is 5.92 Å². The first-order valence-electron chi connectivity index (χ1n) is 20.6. The molecule has 1 aromatic heterocycles. The molecule has 14 heteroatoms. The summed E-state index contributed by atoms with van der Waals surface area (Å²) in [5, 5.41) is 5.91. The van der Waals surface area contributed by atoms with Crippen molar-refractivity contribution in [1.82, 2.24) is 25.2 Å². The number of aromatic nitrogens is 1. The number of ether oxygens (including phenoxy) is 3. The third-order valence-electron chi connectivity index (χ3n) is 8.25. The third kappa shape index (κ3) is 15.9. The molecule has 1 saturated heterocycles. The van der Waals surface area contributed by atoms with E-state index in [4.69, 9.17) is 19.2 Å². The highest BCUT2D eigenvalue weighted by atomic mass is 32.2. The van der Waals surface area contributed by atoms with Gasteiger partial charge in [-0.05, 0) is 58.1 Å². The SMILES string of the molecule is CC.CC.CC(C)C.CCCC(NC(=O)[C@@H]1C[C@@H](Oc2cc(-c3ccccc3)nc3cc(OC)ccc23)CN1C(=O)CNC(=O)OC(C)(C)C)C(=O)NS(=O)C1CC1. The van der Waals surface area contributed by atoms with E-state index in [1.54, 1.807) is 33.9 Å². The van der Waals surface area contributed by atoms with Gasteiger partial charge < -0.3 is 29.7 Å². The van der Waals surface area contributed by atoms with Crippen molar-refractivity contribution in [1.29, 1.82) is 0 Å². The lowest BCUT2D eigenvalue weighted by atomic mass is 10.1. The zero-order valence-corrected chi connectivity index (χ0v) is 37.4. The predicted octanol–water partition coefficient (Wildman–Crippen LogP) is 7.73. The van der Waals surface area contributed by atoms with Gasteiger partial charge in [0.1, 0.15) is 52.8 Å². The Morgan fingerprint density at radius 3 is 2.17 bits per heavy atom. The van der Waals surface area contributed by atoms with Gasteiger partial charge in [0, 0.05) is 29.5 Å². The number of hydrogen-bond acceptors (Lipinski definition) is 9. The quantitative estimate of drug-likeness (QED) is 0.156. The fraction of sp³-hybridized carbons (Fsp3) is 0.568. The van der Waals surface area contributed by atoms with E-state index in [1.165, 1.54) is 4.90 Å². The number of nitrogens with zero attached hydrogens (tertiary/aromatic N) is 2. The first-order valence-corrected chi connectivity index (χ1v) is 21.8. The number of benzene rings is 2. The second-order valence-corrected chi connectivity index (χ2v) is 16.7. The molecule has 4 amide bonds. The molecule has 2 heterocycles. The molecule has 0 bridgehead atoms. The summed E-state index contributed by atoms with van der Waals surface area (Å²) in [4.78, 5) is 59.1. The Kier molecular flexibility index (Phi) is 20.7. The van der Waals surface area contributed by atoms with Gasteiger partial charge >= 0.3 is 6.09 Å². The molecule has 0 spiro atoms. The van der Waals surface area contributed by atoms with Crippen LogP contribution in [0.5, 0.6) is 11.5 Å². The fourth-order valence-corrected chi connectivity index (χ4v) is 6.74. The minimum absolute atomic E-state index is 0.0316. The summed E-state index contributed by atoms with van der Waals surface area (Å²) in [5.41, 5.74) is 1.41. The van der Waals surface area contributed by atoms with Gasteiger partial charge in [-0.1, -0.05) is 92.1 Å². The topological polar surface area (TPSA) is 165 Å². The summed E-state index contributed by atoms with van der Waals surface area (Å²) < 4.78 is 32.2. The molecule has 13 nitrogen and oxygen atoms in total. The van der Waals surface area contributed by atoms with Crippen molar-refractivity contribution in [2.24, 2.45) is 5.92 Å². The number of fused-ring (bicyclic) bond motifs is 1. The number of likely N-dealkylation sites (tertiary alicyclic amines) is 1. The van der Waals surface area contributed by atoms with E-state index in [-0.39, 0.29) is 18.2 Å². The summed E-state index contributed by atoms with van der Waals surface area (Å²) in [5.74, 6) is 0.352. The molecule has 4 atom stereocenters. The Labute approximate surface area is 348 Å². The van der Waals surface area contributed by atoms with Gasteiger partial charge in [-0.15, -0.1) is 0 Å². The van der Waals surface area contributed by atoms with E-state index in [2.05, 4.69) is 36.1 Å². The average Bonchev–Trinajstić information content (AvgIpc) is 3.97. The molecule has 0 radical (unpaired) electrons. The summed E-state index contributed by atoms with van der Waals surface area (Å²) in [6.07, 6.45) is 1.17. The van der Waals surface area contributed by atoms with Crippen LogP contribution in [0.4, 0.5) is 4.79 Å². The molecular weight excluding hydrogens is 759 g/mol. The van der Waals surface area contributed by atoms with Gasteiger partial charge in [-0.25, -0.2) is 14.0 Å². The first kappa shape index (κ1) is 49.4. The number of hydrogen-bond donors (Lipinski definition) is 3. The van der Waals surface area contributed by atoms with Crippen LogP contribution in [-0.2, 0) is 30.1 Å². The van der Waals surface area contributed by atoms with Crippen LogP contribution in [-0.4, -0.2) is 87.1 Å². The van der Waals surface area contributed by atoms with Crippen LogP contribution < -0.4 is 24.8 Å². The van der Waals surface area contributed by atoms with Gasteiger partial charge in [0.2, 0.25) is 11.8 Å². The highest BCUT2D eigenvalue weighted by molar-refractivity contribution is 7.84. The molecule has 2 aliphatic rings. The third-order valence-corrected chi connectivity index (χ3v) is 9.73. The molecule has 5 rings (SSSR count). The lowest BCUT2D eigenvalue weighted by Crippen LogP contribution is -2.54. The van der Waals surface area contributed by atoms with Gasteiger partial charge in [0.25, 0.3) is 5.91 Å². The number of carbonyl (C=O) groups is 4. The highest BCUT2D eigenvalue weighted by Crippen LogP contribution is 2.34. The second-order valence-electron chi connectivity index (χ2n) is 15.2. The van der Waals surface area contributed by atoms with Crippen LogP contribution in [0.3, 0.4) is 0 Å². The maximum absolute atomic E-state index is 13.9. The van der Waals surface area contributed by atoms with E-state index >= 15 is 0 Å². The molecule has 322 valence electrons. The van der Waals surface area contributed by atoms with E-state index in [0.29, 0.717) is 40.9 Å². The maximum atomic E-state index is 13.9. The van der Waals surface area contributed by atoms with Gasteiger partial charge in [0.15, 0.2) is 0 Å². The summed E-state index contributed by atoms with van der Waals surface area (Å²) in [6, 6.07) is 15.0. The van der Waals surface area contributed by atoms with E-state index < -0.39 is 65.1 Å². The average molecular weight is 826 g/mol. The molecule has 2 fully saturated rings. The Morgan fingerprint density at radius 2 is 1.60 bits per heavy atom. The Balaban J connectivity index is 0.00000135. The summed E-state index contributed by atoms with van der Waals surface area (Å²) in [6.45, 7) is 21.1. The number of nitrogens with one attached hydrogen (secondary N) is 3. The number of amides is 4. The lowest BCUT2D eigenvalue weighted by Gasteiger charge is -2.26. The van der Waals surface area contributed by atoms with Gasteiger partial charge in [0.05, 0.1) is 30.1 Å². The molecule has 58 heavy (non-hydrogen) atoms. The lowest BCUT2D eigenvalue weighted by molar-refractivity contribution is -0.138. The van der Waals surface area contributed by atoms with Crippen molar-refractivity contribution in [2.45, 2.75) is 137 Å². The number of rotatable bonds is 13. The summed E-state index contributed by atoms with van der Waals surface area (Å²) >= 11 is 0. The van der Waals surface area contributed by atoms with Gasteiger partial charge in [-0.3, -0.25) is 19.1 Å². The minimum Gasteiger partial charge on any atom is -0.497 e. The van der Waals surface area contributed by atoms with Crippen LogP contribution in [0.1, 0.15) is 108 Å². The largest absolute Gasteiger partial charge is 0.497 e. The van der Waals surface area contributed by atoms with Crippen LogP contribution in [0.15, 0.2) is 54.6 Å². The van der Waals surface area contributed by atoms with Crippen molar-refractivity contribution in [3.8, 4) is 22.8 Å². The van der Waals surface area contributed by atoms with E-state index in [0.717, 1.165) is 24.3 Å². The molecular formula is C44H67N5O8S. The van der Waals surface area contributed by atoms with E-state index in [1.807, 2.05) is 83.1 Å². The zero-order valence-electron chi connectivity index (χ0n) is 36.6. The molecule has 3 N–H and O–H groups in total. The van der Waals surface area contributed by atoms with Crippen molar-refractivity contribution in [3.05, 3.63) is 54.6 Å². The van der Waals surface area contributed by atoms with Crippen molar-refractivity contribution >= 4 is 45.7 Å². The Morgan fingerprint density at radius 1 is 0.966 bits per heavy atom. The Hall–Kier alpha value is -4.72. The standard InChI is InChI=1S/C36H45N5O8S.C4H10.2C2H6/c1-6-10-27(33(43)40-50(46)25-14-15-25)39-34(44)30-18-24(21-41(30)32(42)20-37-35(45)49-36(2,3)4)48-31-19-28(22-11-8-7-9-12-22)38-29-17-23(47-5)13-16-26(29)31;1-4(2)3;2*1-2/h7-9,11-13,16-17,19,24-25,27,30H,6,10,14-15,18,20-21H2,1-5H3,(H,37,45)(H,39,44)(H,40,43);4H,1-3H3;2*1-2H3/t24-,27?,30+,50?;;;/m1.../s1. The zero-order chi connectivity index (χ0) is 43.6. The number of carbonyl (C=O) groups excluding carboxylic acids is 4. The number of pyridine rings is 1. The van der Waals surface area contributed by atoms with Gasteiger partial charge in [-0.2, -0.15) is 0 Å². The number of alkyl carbamates (subject to hydrolysis) is 1. The first-order chi connectivity index (χ1) is 27.6. The van der Waals surface area contributed by atoms with Crippen molar-refractivity contribution in [3.63, 3.8) is 0 Å². The van der Waals surface area contributed by atoms with Crippen LogP contribution in [0.2, 0.25) is 0 Å². The molecule has 2 aromatic carbocycles. The minimum atomic E-state index is -1.52. The smallest absolute Gasteiger partial charge is 0.408 e. The monoisotopic (exact) mass is 825 g/mol. The second kappa shape index (κ2) is 24.3.